The van der Waals surface area contributed by atoms with Gasteiger partial charge < -0.3 is 15.1 Å². The van der Waals surface area contributed by atoms with E-state index in [1.807, 2.05) is 37.3 Å². The van der Waals surface area contributed by atoms with Gasteiger partial charge in [-0.3, -0.25) is 4.79 Å². The lowest BCUT2D eigenvalue weighted by Gasteiger charge is -2.32. The van der Waals surface area contributed by atoms with Gasteiger partial charge in [0.1, 0.15) is 0 Å². The lowest BCUT2D eigenvalue weighted by atomic mass is 10.1. The summed E-state index contributed by atoms with van der Waals surface area (Å²) in [6.45, 7) is 7.78. The zero-order valence-electron chi connectivity index (χ0n) is 18.3. The number of sulfonamides is 1. The first-order valence-electron chi connectivity index (χ1n) is 10.7. The van der Waals surface area contributed by atoms with Crippen molar-refractivity contribution >= 4 is 15.9 Å². The highest BCUT2D eigenvalue weighted by atomic mass is 32.2. The predicted octanol–water partition coefficient (Wildman–Crippen LogP) is 1.84. The second-order valence-corrected chi connectivity index (χ2v) is 9.81. The minimum absolute atomic E-state index is 0.0941. The van der Waals surface area contributed by atoms with Gasteiger partial charge in [0.25, 0.3) is 5.91 Å². The standard InChI is InChI=1S/C23H32N4O3S/c1-19-9-10-21(31(29,30)25-18-20-7-4-3-5-8-20)17-22(19)23(28)24-11-6-12-27-15-13-26(2)14-16-27/h3-5,7-10,17,25H,6,11-16,18H2,1-2H3,(H,24,28). The summed E-state index contributed by atoms with van der Waals surface area (Å²) < 4.78 is 28.0. The SMILES string of the molecule is Cc1ccc(S(=O)(=O)NCc2ccccc2)cc1C(=O)NCCCN1CCN(C)CC1. The number of benzene rings is 2. The topological polar surface area (TPSA) is 81.7 Å². The fourth-order valence-electron chi connectivity index (χ4n) is 3.54. The Labute approximate surface area is 185 Å². The maximum Gasteiger partial charge on any atom is 0.251 e. The molecule has 7 nitrogen and oxygen atoms in total. The van der Waals surface area contributed by atoms with Gasteiger partial charge in [-0.2, -0.15) is 0 Å². The van der Waals surface area contributed by atoms with Crippen molar-refractivity contribution in [3.05, 3.63) is 65.2 Å². The van der Waals surface area contributed by atoms with Crippen LogP contribution in [0.3, 0.4) is 0 Å². The number of nitrogens with zero attached hydrogens (tertiary/aromatic N) is 2. The Morgan fingerprint density at radius 1 is 1.03 bits per heavy atom. The second kappa shape index (κ2) is 10.9. The number of carbonyl (C=O) groups is 1. The van der Waals surface area contributed by atoms with Gasteiger partial charge >= 0.3 is 0 Å². The minimum Gasteiger partial charge on any atom is -0.352 e. The third-order valence-electron chi connectivity index (χ3n) is 5.61. The van der Waals surface area contributed by atoms with E-state index in [9.17, 15) is 13.2 Å². The van der Waals surface area contributed by atoms with E-state index in [4.69, 9.17) is 0 Å². The Bertz CT molecular complexity index is 972. The zero-order valence-corrected chi connectivity index (χ0v) is 19.1. The Hall–Kier alpha value is -2.26. The molecule has 0 spiro atoms. The molecule has 1 saturated heterocycles. The first-order valence-corrected chi connectivity index (χ1v) is 12.2. The van der Waals surface area contributed by atoms with E-state index < -0.39 is 10.0 Å². The molecule has 1 aliphatic rings. The monoisotopic (exact) mass is 444 g/mol. The molecule has 0 saturated carbocycles. The second-order valence-electron chi connectivity index (χ2n) is 8.04. The summed E-state index contributed by atoms with van der Waals surface area (Å²) in [4.78, 5) is 17.5. The van der Waals surface area contributed by atoms with Crippen LogP contribution >= 0.6 is 0 Å². The van der Waals surface area contributed by atoms with Gasteiger partial charge in [-0.1, -0.05) is 36.4 Å². The number of likely N-dealkylation sites (N-methyl/N-ethyl adjacent to an activating group) is 1. The Balaban J connectivity index is 1.54. The van der Waals surface area contributed by atoms with Crippen molar-refractivity contribution < 1.29 is 13.2 Å². The van der Waals surface area contributed by atoms with Gasteiger partial charge in [0.2, 0.25) is 10.0 Å². The molecule has 0 unspecified atom stereocenters. The van der Waals surface area contributed by atoms with Crippen LogP contribution < -0.4 is 10.0 Å². The fraction of sp³-hybridized carbons (Fsp3) is 0.435. The van der Waals surface area contributed by atoms with Crippen molar-refractivity contribution in [3.8, 4) is 0 Å². The Morgan fingerprint density at radius 2 is 1.74 bits per heavy atom. The van der Waals surface area contributed by atoms with E-state index in [0.29, 0.717) is 12.1 Å². The van der Waals surface area contributed by atoms with Crippen molar-refractivity contribution in [1.82, 2.24) is 19.8 Å². The van der Waals surface area contributed by atoms with Crippen molar-refractivity contribution in [2.24, 2.45) is 0 Å². The number of amides is 1. The van der Waals surface area contributed by atoms with Crippen molar-refractivity contribution in [1.29, 1.82) is 0 Å². The molecular formula is C23H32N4O3S. The molecule has 0 bridgehead atoms. The Morgan fingerprint density at radius 3 is 2.45 bits per heavy atom. The molecule has 2 aromatic rings. The Kier molecular flexibility index (Phi) is 8.20. The summed E-state index contributed by atoms with van der Waals surface area (Å²) in [6, 6.07) is 14.0. The minimum atomic E-state index is -3.72. The van der Waals surface area contributed by atoms with Gasteiger partial charge in [-0.05, 0) is 50.2 Å². The highest BCUT2D eigenvalue weighted by Crippen LogP contribution is 2.16. The molecule has 1 aliphatic heterocycles. The molecule has 0 radical (unpaired) electrons. The predicted molar refractivity (Wildman–Crippen MR) is 123 cm³/mol. The third kappa shape index (κ3) is 6.87. The van der Waals surface area contributed by atoms with Gasteiger partial charge in [0.05, 0.1) is 4.90 Å². The van der Waals surface area contributed by atoms with Crippen LogP contribution in [0.2, 0.25) is 0 Å². The van der Waals surface area contributed by atoms with Crippen molar-refractivity contribution in [2.75, 3.05) is 46.3 Å². The van der Waals surface area contributed by atoms with E-state index in [1.165, 1.54) is 12.1 Å². The number of aryl methyl sites for hydroxylation is 1. The van der Waals surface area contributed by atoms with Crippen LogP contribution in [0.1, 0.15) is 27.9 Å². The number of hydrogen-bond acceptors (Lipinski definition) is 5. The molecule has 0 aromatic heterocycles. The summed E-state index contributed by atoms with van der Waals surface area (Å²) in [7, 11) is -1.59. The van der Waals surface area contributed by atoms with E-state index in [2.05, 4.69) is 26.9 Å². The van der Waals surface area contributed by atoms with Crippen LogP contribution in [0.4, 0.5) is 0 Å². The number of carbonyl (C=O) groups excluding carboxylic acids is 1. The van der Waals surface area contributed by atoms with Gasteiger partial charge in [0.15, 0.2) is 0 Å². The van der Waals surface area contributed by atoms with Crippen LogP contribution in [0.15, 0.2) is 53.4 Å². The highest BCUT2D eigenvalue weighted by Gasteiger charge is 2.18. The molecule has 1 fully saturated rings. The molecule has 1 heterocycles. The van der Waals surface area contributed by atoms with Gasteiger partial charge in [0, 0.05) is 44.8 Å². The molecule has 0 atom stereocenters. The molecule has 1 amide bonds. The molecule has 168 valence electrons. The van der Waals surface area contributed by atoms with E-state index >= 15 is 0 Å². The number of hydrogen-bond donors (Lipinski definition) is 2. The average Bonchev–Trinajstić information content (AvgIpc) is 2.77. The highest BCUT2D eigenvalue weighted by molar-refractivity contribution is 7.89. The van der Waals surface area contributed by atoms with E-state index in [1.54, 1.807) is 6.07 Å². The summed E-state index contributed by atoms with van der Waals surface area (Å²) in [5.41, 5.74) is 2.01. The zero-order chi connectivity index (χ0) is 22.3. The quantitative estimate of drug-likeness (QED) is 0.577. The van der Waals surface area contributed by atoms with E-state index in [-0.39, 0.29) is 17.3 Å². The number of nitrogens with one attached hydrogen (secondary N) is 2. The lowest BCUT2D eigenvalue weighted by Crippen LogP contribution is -2.45. The van der Waals surface area contributed by atoms with E-state index in [0.717, 1.165) is 50.3 Å². The average molecular weight is 445 g/mol. The molecule has 3 rings (SSSR count). The van der Waals surface area contributed by atoms with Crippen LogP contribution in [0, 0.1) is 6.92 Å². The first kappa shape index (κ1) is 23.4. The smallest absolute Gasteiger partial charge is 0.251 e. The summed E-state index contributed by atoms with van der Waals surface area (Å²) >= 11 is 0. The summed E-state index contributed by atoms with van der Waals surface area (Å²) in [6.07, 6.45) is 0.866. The van der Waals surface area contributed by atoms with Crippen LogP contribution in [-0.2, 0) is 16.6 Å². The molecular weight excluding hydrogens is 412 g/mol. The number of piperazine rings is 1. The van der Waals surface area contributed by atoms with Crippen molar-refractivity contribution in [3.63, 3.8) is 0 Å². The van der Waals surface area contributed by atoms with Crippen LogP contribution in [0.5, 0.6) is 0 Å². The normalized spacial score (nSPS) is 15.7. The van der Waals surface area contributed by atoms with Crippen molar-refractivity contribution in [2.45, 2.75) is 24.8 Å². The molecule has 2 aromatic carbocycles. The summed E-state index contributed by atoms with van der Waals surface area (Å²) in [5.74, 6) is -0.240. The summed E-state index contributed by atoms with van der Waals surface area (Å²) in [5, 5.41) is 2.93. The van der Waals surface area contributed by atoms with Crippen LogP contribution in [-0.4, -0.2) is 70.4 Å². The first-order chi connectivity index (χ1) is 14.8. The molecule has 2 N–H and O–H groups in total. The maximum absolute atomic E-state index is 12.7. The maximum atomic E-state index is 12.7. The molecule has 0 aliphatic carbocycles. The largest absolute Gasteiger partial charge is 0.352 e. The van der Waals surface area contributed by atoms with Crippen LogP contribution in [0.25, 0.3) is 0 Å². The third-order valence-corrected chi connectivity index (χ3v) is 7.00. The van der Waals surface area contributed by atoms with Gasteiger partial charge in [-0.25, -0.2) is 13.1 Å². The molecule has 8 heteroatoms. The van der Waals surface area contributed by atoms with Gasteiger partial charge in [-0.15, -0.1) is 0 Å². The molecule has 31 heavy (non-hydrogen) atoms. The fourth-order valence-corrected chi connectivity index (χ4v) is 4.59. The number of rotatable bonds is 9. The lowest BCUT2D eigenvalue weighted by molar-refractivity contribution is 0.0948.